The largest absolute Gasteiger partial charge is 0.323 e. The minimum Gasteiger partial charge on any atom is -0.323 e. The smallest absolute Gasteiger partial charge is 0.0406 e. The van der Waals surface area contributed by atoms with Crippen molar-refractivity contribution in [3.05, 3.63) is 33.8 Å². The molecule has 0 aliphatic rings. The zero-order valence-electron chi connectivity index (χ0n) is 8.47. The second-order valence-corrected chi connectivity index (χ2v) is 4.10. The van der Waals surface area contributed by atoms with Gasteiger partial charge in [0.05, 0.1) is 0 Å². The predicted octanol–water partition coefficient (Wildman–Crippen LogP) is 3.17. The summed E-state index contributed by atoms with van der Waals surface area (Å²) in [5, 5.41) is 0. The highest BCUT2D eigenvalue weighted by Gasteiger charge is 2.05. The molecule has 1 aromatic carbocycles. The van der Waals surface area contributed by atoms with Crippen molar-refractivity contribution in [1.82, 2.24) is 0 Å². The lowest BCUT2D eigenvalue weighted by Gasteiger charge is -2.09. The fourth-order valence-corrected chi connectivity index (χ4v) is 1.57. The zero-order chi connectivity index (χ0) is 10.6. The van der Waals surface area contributed by atoms with Crippen molar-refractivity contribution < 1.29 is 0 Å². The van der Waals surface area contributed by atoms with Crippen LogP contribution in [-0.2, 0) is 0 Å². The summed E-state index contributed by atoms with van der Waals surface area (Å²) in [4.78, 5) is 0. The van der Waals surface area contributed by atoms with Crippen LogP contribution in [0, 0.1) is 18.8 Å². The molecule has 0 bridgehead atoms. The van der Waals surface area contributed by atoms with Crippen molar-refractivity contribution >= 4 is 15.9 Å². The Labute approximate surface area is 93.8 Å². The van der Waals surface area contributed by atoms with Gasteiger partial charge in [-0.05, 0) is 31.0 Å². The van der Waals surface area contributed by atoms with Crippen molar-refractivity contribution in [2.75, 3.05) is 0 Å². The first-order valence-electron chi connectivity index (χ1n) is 4.56. The summed E-state index contributed by atoms with van der Waals surface area (Å²) < 4.78 is 1.11. The lowest BCUT2D eigenvalue weighted by molar-refractivity contribution is 0.753. The van der Waals surface area contributed by atoms with E-state index in [1.807, 2.05) is 6.92 Å². The van der Waals surface area contributed by atoms with Crippen molar-refractivity contribution in [2.45, 2.75) is 26.3 Å². The van der Waals surface area contributed by atoms with E-state index in [9.17, 15) is 0 Å². The van der Waals surface area contributed by atoms with Gasteiger partial charge in [-0.1, -0.05) is 28.1 Å². The van der Waals surface area contributed by atoms with E-state index in [2.05, 4.69) is 52.9 Å². The van der Waals surface area contributed by atoms with Crippen LogP contribution in [-0.4, -0.2) is 0 Å². The molecule has 2 heteroatoms. The summed E-state index contributed by atoms with van der Waals surface area (Å²) in [7, 11) is 0. The van der Waals surface area contributed by atoms with Crippen molar-refractivity contribution in [2.24, 2.45) is 5.73 Å². The molecule has 1 rings (SSSR count). The first-order chi connectivity index (χ1) is 6.65. The summed E-state index contributed by atoms with van der Waals surface area (Å²) in [5.74, 6) is 5.84. The van der Waals surface area contributed by atoms with E-state index in [1.54, 1.807) is 0 Å². The Hall–Kier alpha value is -0.780. The Morgan fingerprint density at radius 2 is 2.21 bits per heavy atom. The summed E-state index contributed by atoms with van der Waals surface area (Å²) in [6, 6.07) is 6.21. The highest BCUT2D eigenvalue weighted by atomic mass is 79.9. The van der Waals surface area contributed by atoms with Crippen molar-refractivity contribution in [1.29, 1.82) is 0 Å². The fraction of sp³-hybridized carbons (Fsp3) is 0.333. The van der Waals surface area contributed by atoms with E-state index in [1.165, 1.54) is 5.56 Å². The standard InChI is InChI=1S/C12H14BrN/c1-3-4-5-12(14)10-7-6-9(2)11(13)8-10/h6-8,12H,5,14H2,1-2H3. The summed E-state index contributed by atoms with van der Waals surface area (Å²) in [6.45, 7) is 3.89. The van der Waals surface area contributed by atoms with Gasteiger partial charge < -0.3 is 5.73 Å². The summed E-state index contributed by atoms with van der Waals surface area (Å²) >= 11 is 3.49. The fourth-order valence-electron chi connectivity index (χ4n) is 1.17. The molecule has 1 nitrogen and oxygen atoms in total. The third kappa shape index (κ3) is 2.87. The van der Waals surface area contributed by atoms with Crippen LogP contribution in [0.2, 0.25) is 0 Å². The molecule has 0 fully saturated rings. The number of benzene rings is 1. The lowest BCUT2D eigenvalue weighted by Crippen LogP contribution is -2.09. The number of rotatable bonds is 2. The van der Waals surface area contributed by atoms with Gasteiger partial charge in [-0.15, -0.1) is 11.8 Å². The maximum atomic E-state index is 5.98. The van der Waals surface area contributed by atoms with Crippen LogP contribution in [0.4, 0.5) is 0 Å². The average molecular weight is 252 g/mol. The van der Waals surface area contributed by atoms with E-state index in [0.717, 1.165) is 10.0 Å². The van der Waals surface area contributed by atoms with E-state index < -0.39 is 0 Å². The summed E-state index contributed by atoms with van der Waals surface area (Å²) in [5.41, 5.74) is 8.33. The quantitative estimate of drug-likeness (QED) is 0.804. The summed E-state index contributed by atoms with van der Waals surface area (Å²) in [6.07, 6.45) is 0.714. The average Bonchev–Trinajstić information content (AvgIpc) is 2.18. The second-order valence-electron chi connectivity index (χ2n) is 3.25. The van der Waals surface area contributed by atoms with Crippen LogP contribution in [0.25, 0.3) is 0 Å². The van der Waals surface area contributed by atoms with Crippen LogP contribution in [0.15, 0.2) is 22.7 Å². The molecule has 1 aromatic rings. The molecular formula is C12H14BrN. The first kappa shape index (κ1) is 11.3. The van der Waals surface area contributed by atoms with Crippen LogP contribution in [0.5, 0.6) is 0 Å². The van der Waals surface area contributed by atoms with Crippen LogP contribution < -0.4 is 5.73 Å². The molecule has 0 saturated heterocycles. The van der Waals surface area contributed by atoms with Crippen LogP contribution >= 0.6 is 15.9 Å². The SMILES string of the molecule is CC#CCC(N)c1ccc(C)c(Br)c1. The maximum absolute atomic E-state index is 5.98. The van der Waals surface area contributed by atoms with Gasteiger partial charge in [0.2, 0.25) is 0 Å². The highest BCUT2D eigenvalue weighted by Crippen LogP contribution is 2.21. The van der Waals surface area contributed by atoms with E-state index in [-0.39, 0.29) is 6.04 Å². The molecule has 0 heterocycles. The Morgan fingerprint density at radius 1 is 1.50 bits per heavy atom. The molecule has 0 radical (unpaired) electrons. The molecule has 74 valence electrons. The third-order valence-corrected chi connectivity index (χ3v) is 2.98. The van der Waals surface area contributed by atoms with Gasteiger partial charge in [0, 0.05) is 16.9 Å². The molecule has 2 N–H and O–H groups in total. The van der Waals surface area contributed by atoms with Gasteiger partial charge in [-0.25, -0.2) is 0 Å². The molecule has 0 saturated carbocycles. The minimum absolute atomic E-state index is 0.0133. The number of aryl methyl sites for hydroxylation is 1. The maximum Gasteiger partial charge on any atom is 0.0406 e. The molecule has 1 unspecified atom stereocenters. The Kier molecular flexibility index (Phi) is 4.19. The van der Waals surface area contributed by atoms with Gasteiger partial charge in [-0.3, -0.25) is 0 Å². The lowest BCUT2D eigenvalue weighted by atomic mass is 10.0. The van der Waals surface area contributed by atoms with Gasteiger partial charge in [0.15, 0.2) is 0 Å². The normalized spacial score (nSPS) is 11.7. The van der Waals surface area contributed by atoms with Crippen molar-refractivity contribution in [3.8, 4) is 11.8 Å². The third-order valence-electron chi connectivity index (χ3n) is 2.12. The number of halogens is 1. The minimum atomic E-state index is 0.0133. The van der Waals surface area contributed by atoms with Gasteiger partial charge in [0.25, 0.3) is 0 Å². The Balaban J connectivity index is 2.83. The Morgan fingerprint density at radius 3 is 2.79 bits per heavy atom. The highest BCUT2D eigenvalue weighted by molar-refractivity contribution is 9.10. The van der Waals surface area contributed by atoms with Crippen LogP contribution in [0.1, 0.15) is 30.5 Å². The molecule has 0 aliphatic carbocycles. The van der Waals surface area contributed by atoms with E-state index in [4.69, 9.17) is 5.73 Å². The monoisotopic (exact) mass is 251 g/mol. The second kappa shape index (κ2) is 5.19. The van der Waals surface area contributed by atoms with Gasteiger partial charge >= 0.3 is 0 Å². The molecule has 1 atom stereocenters. The molecule has 0 aromatic heterocycles. The number of hydrogen-bond acceptors (Lipinski definition) is 1. The van der Waals surface area contributed by atoms with Gasteiger partial charge in [-0.2, -0.15) is 0 Å². The first-order valence-corrected chi connectivity index (χ1v) is 5.35. The molecule has 0 spiro atoms. The van der Waals surface area contributed by atoms with Crippen molar-refractivity contribution in [3.63, 3.8) is 0 Å². The van der Waals surface area contributed by atoms with E-state index >= 15 is 0 Å². The van der Waals surface area contributed by atoms with E-state index in [0.29, 0.717) is 6.42 Å². The number of nitrogens with two attached hydrogens (primary N) is 1. The van der Waals surface area contributed by atoms with Gasteiger partial charge in [0.1, 0.15) is 0 Å². The van der Waals surface area contributed by atoms with Crippen LogP contribution in [0.3, 0.4) is 0 Å². The molecule has 0 aliphatic heterocycles. The molecular weight excluding hydrogens is 238 g/mol. The number of hydrogen-bond donors (Lipinski definition) is 1. The topological polar surface area (TPSA) is 26.0 Å². The molecule has 0 amide bonds. The predicted molar refractivity (Wildman–Crippen MR) is 63.9 cm³/mol. The molecule has 14 heavy (non-hydrogen) atoms. The Bertz CT molecular complexity index is 374. The zero-order valence-corrected chi connectivity index (χ0v) is 10.1.